The van der Waals surface area contributed by atoms with Gasteiger partial charge in [-0.2, -0.15) is 0 Å². The Kier molecular flexibility index (Phi) is 5.71. The maximum absolute atomic E-state index is 13.3. The van der Waals surface area contributed by atoms with E-state index in [1.165, 1.54) is 24.9 Å². The maximum Gasteiger partial charge on any atom is 0.255 e. The predicted molar refractivity (Wildman–Crippen MR) is 132 cm³/mol. The zero-order chi connectivity index (χ0) is 23.1. The van der Waals surface area contributed by atoms with Gasteiger partial charge < -0.3 is 9.30 Å². The smallest absolute Gasteiger partial charge is 0.255 e. The standard InChI is InChI=1S/C27H33N5O/c1-5-22-14-23(16-31-15-20(3)28-27(22)31)19(2)13-26(33)32-18-25(9-8-21(32)4)30-12-11-29-10-6-7-24(29)17-30/h8-9,13-16,18,24H,4-7,10-12,17H2,1-3H3/b19-13+/t24-/m0/s1. The number of hydrogen-bond donors (Lipinski definition) is 0. The van der Waals surface area contributed by atoms with Gasteiger partial charge in [0.25, 0.3) is 5.91 Å². The first-order valence-corrected chi connectivity index (χ1v) is 12.0. The average Bonchev–Trinajstić information content (AvgIpc) is 3.43. The van der Waals surface area contributed by atoms with E-state index < -0.39 is 0 Å². The summed E-state index contributed by atoms with van der Waals surface area (Å²) in [6.07, 6.45) is 15.3. The topological polar surface area (TPSA) is 44.1 Å². The zero-order valence-corrected chi connectivity index (χ0v) is 19.9. The normalized spacial score (nSPS) is 21.7. The molecule has 0 radical (unpaired) electrons. The van der Waals surface area contributed by atoms with Crippen LogP contribution in [0.3, 0.4) is 0 Å². The van der Waals surface area contributed by atoms with E-state index in [2.05, 4.69) is 51.0 Å². The molecule has 0 aliphatic carbocycles. The van der Waals surface area contributed by atoms with Gasteiger partial charge in [0.05, 0.1) is 11.4 Å². The lowest BCUT2D eigenvalue weighted by Gasteiger charge is -2.40. The van der Waals surface area contributed by atoms with Crippen molar-refractivity contribution in [2.24, 2.45) is 0 Å². The molecule has 0 N–H and O–H groups in total. The molecule has 6 heteroatoms. The van der Waals surface area contributed by atoms with Crippen molar-refractivity contribution in [1.29, 1.82) is 0 Å². The number of nitrogens with zero attached hydrogens (tertiary/aromatic N) is 5. The molecule has 0 bridgehead atoms. The van der Waals surface area contributed by atoms with Crippen molar-refractivity contribution in [3.63, 3.8) is 0 Å². The zero-order valence-electron chi connectivity index (χ0n) is 19.9. The molecule has 1 atom stereocenters. The molecule has 2 fully saturated rings. The highest BCUT2D eigenvalue weighted by Crippen LogP contribution is 2.27. The second-order valence-electron chi connectivity index (χ2n) is 9.41. The maximum atomic E-state index is 13.3. The second-order valence-corrected chi connectivity index (χ2v) is 9.41. The Balaban J connectivity index is 1.38. The number of piperazine rings is 1. The van der Waals surface area contributed by atoms with Crippen LogP contribution in [0.15, 0.2) is 60.9 Å². The van der Waals surface area contributed by atoms with Crippen LogP contribution in [0.25, 0.3) is 11.2 Å². The van der Waals surface area contributed by atoms with Gasteiger partial charge in [0.2, 0.25) is 0 Å². The van der Waals surface area contributed by atoms with Crippen molar-refractivity contribution in [3.8, 4) is 0 Å². The van der Waals surface area contributed by atoms with E-state index in [1.807, 2.05) is 32.3 Å². The predicted octanol–water partition coefficient (Wildman–Crippen LogP) is 4.14. The summed E-state index contributed by atoms with van der Waals surface area (Å²) < 4.78 is 2.06. The molecule has 0 spiro atoms. The summed E-state index contributed by atoms with van der Waals surface area (Å²) in [6, 6.07) is 2.78. The van der Waals surface area contributed by atoms with Gasteiger partial charge in [-0.15, -0.1) is 0 Å². The van der Waals surface area contributed by atoms with Crippen molar-refractivity contribution in [2.75, 3.05) is 26.2 Å². The van der Waals surface area contributed by atoms with Gasteiger partial charge in [0.15, 0.2) is 0 Å². The molecule has 1 amide bonds. The van der Waals surface area contributed by atoms with Crippen molar-refractivity contribution in [2.45, 2.75) is 46.1 Å². The van der Waals surface area contributed by atoms with Crippen molar-refractivity contribution >= 4 is 17.1 Å². The SMILES string of the molecule is C=C1C=CC(N2CCN3CCC[C@H]3C2)=CN1C(=O)/C=C(\C)c1cc(CC)c2nc(C)cn2c1. The Morgan fingerprint density at radius 2 is 2.09 bits per heavy atom. The average molecular weight is 444 g/mol. The summed E-state index contributed by atoms with van der Waals surface area (Å²) in [5.41, 5.74) is 6.91. The number of aryl methyl sites for hydroxylation is 2. The molecule has 6 nitrogen and oxygen atoms in total. The molecule has 5 rings (SSSR count). The fraction of sp³-hybridized carbons (Fsp3) is 0.407. The van der Waals surface area contributed by atoms with E-state index in [9.17, 15) is 4.79 Å². The number of fused-ring (bicyclic) bond motifs is 2. The van der Waals surface area contributed by atoms with Gasteiger partial charge in [0, 0.05) is 56.0 Å². The minimum Gasteiger partial charge on any atom is -0.367 e. The Morgan fingerprint density at radius 3 is 2.91 bits per heavy atom. The van der Waals surface area contributed by atoms with Gasteiger partial charge in [-0.05, 0) is 74.6 Å². The van der Waals surface area contributed by atoms with E-state index in [0.717, 1.165) is 54.2 Å². The summed E-state index contributed by atoms with van der Waals surface area (Å²) in [6.45, 7) is 14.6. The number of allylic oxidation sites excluding steroid dienone is 3. The molecule has 5 heterocycles. The Morgan fingerprint density at radius 1 is 1.24 bits per heavy atom. The van der Waals surface area contributed by atoms with Crippen LogP contribution in [0.5, 0.6) is 0 Å². The van der Waals surface area contributed by atoms with E-state index in [1.54, 1.807) is 11.0 Å². The molecule has 0 unspecified atom stereocenters. The van der Waals surface area contributed by atoms with Crippen LogP contribution in [0.1, 0.15) is 43.5 Å². The molecule has 2 aromatic heterocycles. The first-order chi connectivity index (χ1) is 15.9. The van der Waals surface area contributed by atoms with Crippen LogP contribution < -0.4 is 0 Å². The monoisotopic (exact) mass is 443 g/mol. The quantitative estimate of drug-likeness (QED) is 0.666. The molecule has 0 aromatic carbocycles. The fourth-order valence-electron chi connectivity index (χ4n) is 5.24. The Hall–Kier alpha value is -3.12. The second kappa shape index (κ2) is 8.67. The Bertz CT molecular complexity index is 1200. The molecule has 2 aromatic rings. The number of hydrogen-bond acceptors (Lipinski definition) is 4. The van der Waals surface area contributed by atoms with Crippen LogP contribution in [-0.4, -0.2) is 62.2 Å². The Labute approximate surface area is 196 Å². The third kappa shape index (κ3) is 4.15. The number of aromatic nitrogens is 2. The van der Waals surface area contributed by atoms with Crippen LogP contribution in [0.2, 0.25) is 0 Å². The van der Waals surface area contributed by atoms with Crippen molar-refractivity contribution in [3.05, 3.63) is 77.7 Å². The molecule has 0 saturated carbocycles. The first kappa shape index (κ1) is 21.7. The third-order valence-corrected chi connectivity index (χ3v) is 7.13. The summed E-state index contributed by atoms with van der Waals surface area (Å²) in [5, 5.41) is 0. The van der Waals surface area contributed by atoms with E-state index in [0.29, 0.717) is 11.7 Å². The lowest BCUT2D eigenvalue weighted by Crippen LogP contribution is -2.49. The number of carbonyl (C=O) groups is 1. The molecule has 33 heavy (non-hydrogen) atoms. The van der Waals surface area contributed by atoms with Gasteiger partial charge >= 0.3 is 0 Å². The highest BCUT2D eigenvalue weighted by Gasteiger charge is 2.31. The van der Waals surface area contributed by atoms with E-state index >= 15 is 0 Å². The van der Waals surface area contributed by atoms with Crippen molar-refractivity contribution < 1.29 is 4.79 Å². The summed E-state index contributed by atoms with van der Waals surface area (Å²) in [7, 11) is 0. The van der Waals surface area contributed by atoms with Crippen LogP contribution in [-0.2, 0) is 11.2 Å². The number of rotatable bonds is 4. The van der Waals surface area contributed by atoms with Gasteiger partial charge in [-0.3, -0.25) is 14.6 Å². The molecule has 2 saturated heterocycles. The lowest BCUT2D eigenvalue weighted by molar-refractivity contribution is -0.122. The van der Waals surface area contributed by atoms with E-state index in [-0.39, 0.29) is 5.91 Å². The van der Waals surface area contributed by atoms with Gasteiger partial charge in [-0.1, -0.05) is 13.5 Å². The lowest BCUT2D eigenvalue weighted by atomic mass is 10.1. The highest BCUT2D eigenvalue weighted by molar-refractivity contribution is 5.97. The fourth-order valence-corrected chi connectivity index (χ4v) is 5.24. The van der Waals surface area contributed by atoms with Gasteiger partial charge in [-0.25, -0.2) is 4.98 Å². The highest BCUT2D eigenvalue weighted by atomic mass is 16.2. The van der Waals surface area contributed by atoms with Crippen LogP contribution >= 0.6 is 0 Å². The minimum atomic E-state index is -0.0705. The summed E-state index contributed by atoms with van der Waals surface area (Å²) >= 11 is 0. The third-order valence-electron chi connectivity index (χ3n) is 7.13. The number of imidazole rings is 1. The molecular formula is C27H33N5O. The molecule has 3 aliphatic rings. The summed E-state index contributed by atoms with van der Waals surface area (Å²) in [5.74, 6) is -0.0705. The van der Waals surface area contributed by atoms with Crippen LogP contribution in [0, 0.1) is 6.92 Å². The summed E-state index contributed by atoms with van der Waals surface area (Å²) in [4.78, 5) is 24.6. The first-order valence-electron chi connectivity index (χ1n) is 12.0. The van der Waals surface area contributed by atoms with Crippen molar-refractivity contribution in [1.82, 2.24) is 24.1 Å². The number of pyridine rings is 1. The number of carbonyl (C=O) groups excluding carboxylic acids is 1. The molecular weight excluding hydrogens is 410 g/mol. The largest absolute Gasteiger partial charge is 0.367 e. The minimum absolute atomic E-state index is 0.0705. The molecule has 172 valence electrons. The molecule has 3 aliphatic heterocycles. The van der Waals surface area contributed by atoms with E-state index in [4.69, 9.17) is 0 Å². The van der Waals surface area contributed by atoms with Crippen LogP contribution in [0.4, 0.5) is 0 Å². The number of amides is 1. The van der Waals surface area contributed by atoms with Gasteiger partial charge in [0.1, 0.15) is 5.65 Å².